The zero-order valence-corrected chi connectivity index (χ0v) is 13.6. The number of ether oxygens (including phenoxy) is 1. The number of nitrogen functional groups attached to an aromatic ring is 1. The molecular formula is C15H25FN2OS. The second-order valence-corrected chi connectivity index (χ2v) is 6.02. The van der Waals surface area contributed by atoms with Crippen molar-refractivity contribution in [1.82, 2.24) is 0 Å². The van der Waals surface area contributed by atoms with E-state index in [9.17, 15) is 4.39 Å². The Hall–Kier alpha value is -1.10. The maximum absolute atomic E-state index is 13.7. The third kappa shape index (κ3) is 3.95. The maximum atomic E-state index is 13.7. The lowest BCUT2D eigenvalue weighted by Crippen LogP contribution is -2.32. The molecule has 1 rings (SSSR count). The summed E-state index contributed by atoms with van der Waals surface area (Å²) in [5.41, 5.74) is 7.02. The molecule has 0 heterocycles. The summed E-state index contributed by atoms with van der Waals surface area (Å²) in [6.07, 6.45) is 4.25. The van der Waals surface area contributed by atoms with Gasteiger partial charge in [0.2, 0.25) is 0 Å². The quantitative estimate of drug-likeness (QED) is 0.708. The number of rotatable bonds is 8. The maximum Gasteiger partial charge on any atom is 0.167 e. The zero-order valence-electron chi connectivity index (χ0n) is 12.8. The molecule has 20 heavy (non-hydrogen) atoms. The van der Waals surface area contributed by atoms with Crippen molar-refractivity contribution in [2.75, 3.05) is 30.5 Å². The predicted molar refractivity (Wildman–Crippen MR) is 87.3 cm³/mol. The van der Waals surface area contributed by atoms with Crippen LogP contribution >= 0.6 is 11.8 Å². The number of hydrogen-bond acceptors (Lipinski definition) is 4. The lowest BCUT2D eigenvalue weighted by atomic mass is 10.0. The van der Waals surface area contributed by atoms with E-state index in [1.807, 2.05) is 18.7 Å². The van der Waals surface area contributed by atoms with Gasteiger partial charge in [0.25, 0.3) is 0 Å². The van der Waals surface area contributed by atoms with Crippen LogP contribution in [0.1, 0.15) is 33.6 Å². The number of nitrogens with two attached hydrogens (primary N) is 1. The molecule has 5 heteroatoms. The molecular weight excluding hydrogens is 275 g/mol. The first-order valence-corrected chi connectivity index (χ1v) is 8.25. The molecule has 3 N–H and O–H groups in total. The van der Waals surface area contributed by atoms with E-state index in [0.29, 0.717) is 12.3 Å². The first-order chi connectivity index (χ1) is 9.51. The van der Waals surface area contributed by atoms with Crippen LogP contribution < -0.4 is 15.8 Å². The molecule has 0 aliphatic heterocycles. The lowest BCUT2D eigenvalue weighted by molar-refractivity contribution is 0.322. The van der Waals surface area contributed by atoms with Crippen LogP contribution in [0.25, 0.3) is 0 Å². The van der Waals surface area contributed by atoms with Crippen LogP contribution in [0.3, 0.4) is 0 Å². The van der Waals surface area contributed by atoms with Crippen LogP contribution in [-0.4, -0.2) is 24.2 Å². The normalized spacial score (nSPS) is 11.4. The van der Waals surface area contributed by atoms with Gasteiger partial charge in [-0.15, -0.1) is 0 Å². The van der Waals surface area contributed by atoms with E-state index in [1.165, 1.54) is 6.07 Å². The molecule has 0 spiro atoms. The average molecular weight is 300 g/mol. The Kier molecular flexibility index (Phi) is 6.46. The first kappa shape index (κ1) is 17.0. The molecule has 114 valence electrons. The Morgan fingerprint density at radius 3 is 2.45 bits per heavy atom. The van der Waals surface area contributed by atoms with E-state index in [1.54, 1.807) is 6.07 Å². The number of hydrogen-bond donors (Lipinski definition) is 2. The third-order valence-corrected chi connectivity index (χ3v) is 5.31. The fourth-order valence-electron chi connectivity index (χ4n) is 2.11. The van der Waals surface area contributed by atoms with Gasteiger partial charge < -0.3 is 15.8 Å². The van der Waals surface area contributed by atoms with Crippen molar-refractivity contribution in [3.05, 3.63) is 17.9 Å². The molecule has 0 unspecified atom stereocenters. The fourth-order valence-corrected chi connectivity index (χ4v) is 2.90. The molecule has 0 bridgehead atoms. The Balaban J connectivity index is 2.89. The minimum absolute atomic E-state index is 0.173. The summed E-state index contributed by atoms with van der Waals surface area (Å²) in [6, 6.07) is 2.95. The molecule has 0 aliphatic carbocycles. The van der Waals surface area contributed by atoms with Crippen molar-refractivity contribution in [2.24, 2.45) is 0 Å². The number of benzene rings is 1. The zero-order chi connectivity index (χ0) is 15.2. The molecule has 0 radical (unpaired) electrons. The molecule has 1 aromatic rings. The Morgan fingerprint density at radius 2 is 1.95 bits per heavy atom. The van der Waals surface area contributed by atoms with Gasteiger partial charge in [0, 0.05) is 23.4 Å². The summed E-state index contributed by atoms with van der Waals surface area (Å²) in [5, 5.41) is 3.34. The van der Waals surface area contributed by atoms with Gasteiger partial charge in [-0.05, 0) is 26.0 Å². The topological polar surface area (TPSA) is 47.3 Å². The monoisotopic (exact) mass is 300 g/mol. The van der Waals surface area contributed by atoms with Crippen LogP contribution in [-0.2, 0) is 0 Å². The van der Waals surface area contributed by atoms with Crippen LogP contribution in [0.2, 0.25) is 0 Å². The number of anilines is 2. The Labute approximate surface area is 125 Å². The van der Waals surface area contributed by atoms with Gasteiger partial charge in [-0.1, -0.05) is 13.8 Å². The molecule has 0 aliphatic rings. The summed E-state index contributed by atoms with van der Waals surface area (Å²) >= 11 is 1.85. The average Bonchev–Trinajstić information content (AvgIpc) is 2.45. The van der Waals surface area contributed by atoms with E-state index >= 15 is 0 Å². The Bertz CT molecular complexity index is 428. The van der Waals surface area contributed by atoms with Crippen molar-refractivity contribution in [1.29, 1.82) is 0 Å². The third-order valence-electron chi connectivity index (χ3n) is 3.73. The highest BCUT2D eigenvalue weighted by Gasteiger charge is 2.25. The molecule has 0 saturated heterocycles. The standard InChI is InChI=1S/C15H25FN2OS/c1-5-15(6-2,20-4)10-18-13-9-14(19-7-3)11(16)8-12(13)17/h8-9,18H,5-7,10,17H2,1-4H3. The second-order valence-electron chi connectivity index (χ2n) is 4.75. The van der Waals surface area contributed by atoms with E-state index in [0.717, 1.165) is 25.1 Å². The van der Waals surface area contributed by atoms with Crippen molar-refractivity contribution in [2.45, 2.75) is 38.4 Å². The summed E-state index contributed by atoms with van der Waals surface area (Å²) in [5.74, 6) is -0.177. The van der Waals surface area contributed by atoms with Crippen molar-refractivity contribution < 1.29 is 9.13 Å². The van der Waals surface area contributed by atoms with Crippen LogP contribution in [0.15, 0.2) is 12.1 Å². The smallest absolute Gasteiger partial charge is 0.167 e. The highest BCUT2D eigenvalue weighted by Crippen LogP contribution is 2.33. The number of nitrogens with one attached hydrogen (secondary N) is 1. The number of thioether (sulfide) groups is 1. The highest BCUT2D eigenvalue weighted by molar-refractivity contribution is 8.00. The molecule has 1 aromatic carbocycles. The van der Waals surface area contributed by atoms with Gasteiger partial charge in [0.15, 0.2) is 11.6 Å². The van der Waals surface area contributed by atoms with Gasteiger partial charge in [-0.2, -0.15) is 11.8 Å². The van der Waals surface area contributed by atoms with Crippen molar-refractivity contribution in [3.8, 4) is 5.75 Å². The molecule has 0 fully saturated rings. The van der Waals surface area contributed by atoms with Crippen LogP contribution in [0, 0.1) is 5.82 Å². The minimum atomic E-state index is -0.419. The summed E-state index contributed by atoms with van der Waals surface area (Å²) in [7, 11) is 0. The van der Waals surface area contributed by atoms with E-state index < -0.39 is 5.82 Å². The lowest BCUT2D eigenvalue weighted by Gasteiger charge is -2.30. The number of halogens is 1. The van der Waals surface area contributed by atoms with Gasteiger partial charge in [-0.25, -0.2) is 4.39 Å². The fraction of sp³-hybridized carbons (Fsp3) is 0.600. The largest absolute Gasteiger partial charge is 0.491 e. The van der Waals surface area contributed by atoms with E-state index in [-0.39, 0.29) is 10.5 Å². The highest BCUT2D eigenvalue weighted by atomic mass is 32.2. The van der Waals surface area contributed by atoms with Crippen molar-refractivity contribution >= 4 is 23.1 Å². The summed E-state index contributed by atoms with van der Waals surface area (Å²) in [6.45, 7) is 7.42. The van der Waals surface area contributed by atoms with Crippen LogP contribution in [0.4, 0.5) is 15.8 Å². The first-order valence-electron chi connectivity index (χ1n) is 7.02. The van der Waals surface area contributed by atoms with Gasteiger partial charge in [0.05, 0.1) is 18.0 Å². The summed E-state index contributed by atoms with van der Waals surface area (Å²) in [4.78, 5) is 0. The minimum Gasteiger partial charge on any atom is -0.491 e. The second kappa shape index (κ2) is 7.62. The summed E-state index contributed by atoms with van der Waals surface area (Å²) < 4.78 is 19.1. The SMILES string of the molecule is CCOc1cc(NCC(CC)(CC)SC)c(N)cc1F. The van der Waals surface area contributed by atoms with Crippen molar-refractivity contribution in [3.63, 3.8) is 0 Å². The van der Waals surface area contributed by atoms with Crippen LogP contribution in [0.5, 0.6) is 5.75 Å². The molecule has 0 saturated carbocycles. The molecule has 3 nitrogen and oxygen atoms in total. The molecule has 0 amide bonds. The van der Waals surface area contributed by atoms with Gasteiger partial charge in [-0.3, -0.25) is 0 Å². The van der Waals surface area contributed by atoms with Gasteiger partial charge in [0.1, 0.15) is 0 Å². The van der Waals surface area contributed by atoms with Gasteiger partial charge >= 0.3 is 0 Å². The Morgan fingerprint density at radius 1 is 1.30 bits per heavy atom. The predicted octanol–water partition coefficient (Wildman–Crippen LogP) is 4.14. The molecule has 0 atom stereocenters. The van der Waals surface area contributed by atoms with E-state index in [2.05, 4.69) is 25.4 Å². The molecule has 0 aromatic heterocycles. The van der Waals surface area contributed by atoms with E-state index in [4.69, 9.17) is 10.5 Å².